The minimum atomic E-state index is -0.999. The fourth-order valence-corrected chi connectivity index (χ4v) is 9.57. The van der Waals surface area contributed by atoms with Crippen LogP contribution in [0.4, 0.5) is 4.39 Å². The van der Waals surface area contributed by atoms with Crippen molar-refractivity contribution in [1.82, 2.24) is 4.90 Å². The quantitative estimate of drug-likeness (QED) is 0.313. The lowest BCUT2D eigenvalue weighted by Crippen LogP contribution is -2.51. The highest BCUT2D eigenvalue weighted by Gasteiger charge is 2.59. The third kappa shape index (κ3) is 5.95. The highest BCUT2D eigenvalue weighted by Crippen LogP contribution is 2.63. The maximum atomic E-state index is 16.1. The Hall–Kier alpha value is -2.91. The normalized spacial score (nSPS) is 31.9. The molecule has 3 saturated carbocycles. The molecule has 0 spiro atoms. The Balaban J connectivity index is 1.17. The summed E-state index contributed by atoms with van der Waals surface area (Å²) in [6.07, 6.45) is 10.4. The largest absolute Gasteiger partial charge is 0.508 e. The van der Waals surface area contributed by atoms with E-state index in [2.05, 4.69) is 13.0 Å². The summed E-state index contributed by atoms with van der Waals surface area (Å²) in [5, 5.41) is 30.4. The number of fused-ring (bicyclic) bond motifs is 5. The number of halogens is 1. The van der Waals surface area contributed by atoms with Crippen LogP contribution >= 0.6 is 0 Å². The van der Waals surface area contributed by atoms with E-state index >= 15 is 4.39 Å². The summed E-state index contributed by atoms with van der Waals surface area (Å²) in [7, 11) is 0. The number of aromatic hydroxyl groups is 1. The molecule has 0 aliphatic heterocycles. The van der Waals surface area contributed by atoms with E-state index in [9.17, 15) is 20.3 Å². The molecule has 0 radical (unpaired) electrons. The molecule has 1 amide bonds. The summed E-state index contributed by atoms with van der Waals surface area (Å²) in [6.45, 7) is 3.58. The number of benzene rings is 2. The van der Waals surface area contributed by atoms with Crippen LogP contribution in [0.15, 0.2) is 42.5 Å². The van der Waals surface area contributed by atoms with Crippen molar-refractivity contribution < 1.29 is 19.4 Å². The fourth-order valence-electron chi connectivity index (χ4n) is 9.57. The van der Waals surface area contributed by atoms with Crippen LogP contribution in [0.2, 0.25) is 0 Å². The molecule has 0 bridgehead atoms. The first kappa shape index (κ1) is 30.1. The molecule has 43 heavy (non-hydrogen) atoms. The Morgan fingerprint density at radius 2 is 1.84 bits per heavy atom. The van der Waals surface area contributed by atoms with E-state index in [-0.39, 0.29) is 34.8 Å². The lowest BCUT2D eigenvalue weighted by Gasteiger charge is -2.54. The molecule has 2 N–H and O–H groups in total. The highest BCUT2D eigenvalue weighted by molar-refractivity contribution is 5.94. The van der Waals surface area contributed by atoms with Crippen LogP contribution in [0.25, 0.3) is 0 Å². The van der Waals surface area contributed by atoms with Crippen LogP contribution in [-0.4, -0.2) is 46.4 Å². The molecule has 5 unspecified atom stereocenters. The van der Waals surface area contributed by atoms with Crippen molar-refractivity contribution in [2.45, 2.75) is 102 Å². The van der Waals surface area contributed by atoms with Gasteiger partial charge in [-0.05, 0) is 128 Å². The molecule has 7 atom stereocenters. The van der Waals surface area contributed by atoms with Gasteiger partial charge in [0.05, 0.1) is 17.7 Å². The number of nitrogens with zero attached hydrogens (tertiary/aromatic N) is 2. The van der Waals surface area contributed by atoms with E-state index in [4.69, 9.17) is 0 Å². The summed E-state index contributed by atoms with van der Waals surface area (Å²) < 4.78 is 16.1. The molecule has 6 heteroatoms. The van der Waals surface area contributed by atoms with Gasteiger partial charge >= 0.3 is 0 Å². The van der Waals surface area contributed by atoms with Gasteiger partial charge in [0, 0.05) is 24.6 Å². The second-order valence-electron chi connectivity index (χ2n) is 14.3. The van der Waals surface area contributed by atoms with Gasteiger partial charge in [0.25, 0.3) is 5.91 Å². The van der Waals surface area contributed by atoms with Crippen molar-refractivity contribution in [3.05, 3.63) is 64.7 Å². The summed E-state index contributed by atoms with van der Waals surface area (Å²) in [5.41, 5.74) is 2.95. The van der Waals surface area contributed by atoms with Crippen molar-refractivity contribution in [2.75, 3.05) is 13.1 Å². The number of carbonyl (C=O) groups excluding carboxylic acids is 1. The molecule has 4 aliphatic rings. The van der Waals surface area contributed by atoms with Gasteiger partial charge in [-0.2, -0.15) is 5.26 Å². The summed E-state index contributed by atoms with van der Waals surface area (Å²) in [4.78, 5) is 15.7. The number of phenols is 1. The Labute approximate surface area is 256 Å². The van der Waals surface area contributed by atoms with Crippen LogP contribution in [0, 0.1) is 40.4 Å². The maximum absolute atomic E-state index is 16.1. The first-order chi connectivity index (χ1) is 20.8. The first-order valence-electron chi connectivity index (χ1n) is 16.7. The van der Waals surface area contributed by atoms with Gasteiger partial charge in [-0.1, -0.05) is 38.7 Å². The van der Waals surface area contributed by atoms with E-state index in [0.29, 0.717) is 35.9 Å². The fraction of sp³-hybridized carbons (Fsp3) is 0.622. The van der Waals surface area contributed by atoms with Gasteiger partial charge < -0.3 is 15.1 Å². The smallest absolute Gasteiger partial charge is 0.253 e. The number of nitriles is 1. The second-order valence-corrected chi connectivity index (χ2v) is 14.3. The molecule has 0 heterocycles. The molecule has 6 rings (SSSR count). The van der Waals surface area contributed by atoms with Gasteiger partial charge in [0.2, 0.25) is 0 Å². The lowest BCUT2D eigenvalue weighted by atomic mass is 9.51. The third-order valence-electron chi connectivity index (χ3n) is 11.8. The van der Waals surface area contributed by atoms with Crippen molar-refractivity contribution in [3.8, 4) is 11.8 Å². The molecule has 5 nitrogen and oxygen atoms in total. The van der Waals surface area contributed by atoms with E-state index in [0.717, 1.165) is 56.2 Å². The van der Waals surface area contributed by atoms with Crippen LogP contribution in [0.5, 0.6) is 5.75 Å². The van der Waals surface area contributed by atoms with Crippen molar-refractivity contribution in [3.63, 3.8) is 0 Å². The minimum absolute atomic E-state index is 0.0421. The minimum Gasteiger partial charge on any atom is -0.508 e. The molecular formula is C37H47FN2O3. The number of amides is 1. The molecule has 4 aliphatic carbocycles. The van der Waals surface area contributed by atoms with Gasteiger partial charge in [-0.15, -0.1) is 0 Å². The molecular weight excluding hydrogens is 539 g/mol. The average Bonchev–Trinajstić information content (AvgIpc) is 3.31. The first-order valence-corrected chi connectivity index (χ1v) is 16.7. The molecule has 2 aromatic carbocycles. The molecule has 2 aromatic rings. The topological polar surface area (TPSA) is 84.6 Å². The standard InChI is InChI=1S/C37H47FN2O3/c1-37-21-32(38)35-30-15-14-29(41)20-28(30)19-27(34(35)31(37)16-17-33(37)42)9-5-6-18-40(23-25-7-3-2-4-8-25)36(43)26-12-10-24(22-39)11-13-26/h10-15,20,25,27,31-35,41-42H,2-9,16-19,21,23H2,1H3/t27?,31?,32-,33-,34?,35?,37?/m0/s1. The summed E-state index contributed by atoms with van der Waals surface area (Å²) in [6, 6.07) is 14.6. The molecule has 3 fully saturated rings. The van der Waals surface area contributed by atoms with Crippen molar-refractivity contribution >= 4 is 5.91 Å². The number of phenolic OH excluding ortho intramolecular Hbond substituents is 1. The molecule has 230 valence electrons. The number of hydrogen-bond donors (Lipinski definition) is 2. The van der Waals surface area contributed by atoms with Gasteiger partial charge in [-0.3, -0.25) is 4.79 Å². The predicted octanol–water partition coefficient (Wildman–Crippen LogP) is 7.55. The zero-order valence-electron chi connectivity index (χ0n) is 25.6. The summed E-state index contributed by atoms with van der Waals surface area (Å²) >= 11 is 0. The van der Waals surface area contributed by atoms with E-state index < -0.39 is 12.3 Å². The molecule has 0 aromatic heterocycles. The van der Waals surface area contributed by atoms with E-state index in [1.807, 2.05) is 17.0 Å². The average molecular weight is 587 g/mol. The molecule has 0 saturated heterocycles. The van der Waals surface area contributed by atoms with Gasteiger partial charge in [-0.25, -0.2) is 4.39 Å². The Morgan fingerprint density at radius 3 is 2.58 bits per heavy atom. The van der Waals surface area contributed by atoms with Gasteiger partial charge in [0.1, 0.15) is 11.9 Å². The Morgan fingerprint density at radius 1 is 1.07 bits per heavy atom. The van der Waals surface area contributed by atoms with Crippen molar-refractivity contribution in [2.24, 2.45) is 29.1 Å². The highest BCUT2D eigenvalue weighted by atomic mass is 19.1. The van der Waals surface area contributed by atoms with Gasteiger partial charge in [0.15, 0.2) is 0 Å². The lowest BCUT2D eigenvalue weighted by molar-refractivity contribution is -0.0722. The second kappa shape index (κ2) is 12.6. The summed E-state index contributed by atoms with van der Waals surface area (Å²) in [5.74, 6) is 1.40. The zero-order valence-corrected chi connectivity index (χ0v) is 25.6. The number of carbonyl (C=O) groups is 1. The van der Waals surface area contributed by atoms with Crippen LogP contribution in [0.3, 0.4) is 0 Å². The Bertz CT molecular complexity index is 1330. The van der Waals surface area contributed by atoms with E-state index in [1.165, 1.54) is 32.1 Å². The zero-order chi connectivity index (χ0) is 30.1. The number of aliphatic hydroxyl groups excluding tert-OH is 1. The van der Waals surface area contributed by atoms with Crippen LogP contribution < -0.4 is 0 Å². The number of unbranched alkanes of at least 4 members (excludes halogenated alkanes) is 1. The number of alkyl halides is 1. The SMILES string of the molecule is CC12C[C@H](F)C3c4ccc(O)cc4CC(CCCCN(CC4CCCCC4)C(=O)c4ccc(C#N)cc4)C3C1CC[C@@H]2O. The van der Waals surface area contributed by atoms with Crippen LogP contribution in [0.1, 0.15) is 111 Å². The number of aliphatic hydroxyl groups is 1. The van der Waals surface area contributed by atoms with E-state index in [1.54, 1.807) is 30.3 Å². The Kier molecular flexibility index (Phi) is 8.83. The third-order valence-corrected chi connectivity index (χ3v) is 11.8. The number of rotatable bonds is 8. The predicted molar refractivity (Wildman–Crippen MR) is 165 cm³/mol. The number of hydrogen-bond acceptors (Lipinski definition) is 4. The monoisotopic (exact) mass is 586 g/mol. The van der Waals surface area contributed by atoms with Crippen LogP contribution in [-0.2, 0) is 6.42 Å². The maximum Gasteiger partial charge on any atom is 0.253 e. The van der Waals surface area contributed by atoms with Crippen molar-refractivity contribution in [1.29, 1.82) is 5.26 Å².